The molecule has 1 unspecified atom stereocenters. The highest BCUT2D eigenvalue weighted by Gasteiger charge is 2.24. The predicted molar refractivity (Wildman–Crippen MR) is 94.5 cm³/mol. The lowest BCUT2D eigenvalue weighted by molar-refractivity contribution is -0.125. The van der Waals surface area contributed by atoms with Gasteiger partial charge in [0.25, 0.3) is 0 Å². The molecular weight excluding hydrogens is 310 g/mol. The zero-order valence-corrected chi connectivity index (χ0v) is 15.0. The summed E-state index contributed by atoms with van der Waals surface area (Å²) in [7, 11) is 2.04. The lowest BCUT2D eigenvalue weighted by atomic mass is 9.96. The average molecular weight is 340 g/mol. The van der Waals surface area contributed by atoms with E-state index in [1.54, 1.807) is 11.3 Å². The normalized spacial score (nSPS) is 18.3. The van der Waals surface area contributed by atoms with Gasteiger partial charge >= 0.3 is 0 Å². The number of aliphatic hydroxyl groups is 1. The third kappa shape index (κ3) is 5.88. The van der Waals surface area contributed by atoms with Gasteiger partial charge in [-0.2, -0.15) is 0 Å². The van der Waals surface area contributed by atoms with Crippen molar-refractivity contribution in [2.45, 2.75) is 32.4 Å². The van der Waals surface area contributed by atoms with Crippen molar-refractivity contribution in [1.82, 2.24) is 15.1 Å². The monoisotopic (exact) mass is 339 g/mol. The van der Waals surface area contributed by atoms with Crippen molar-refractivity contribution in [2.24, 2.45) is 5.92 Å². The number of nitrogens with one attached hydrogen (secondary N) is 1. The number of piperidine rings is 1. The molecule has 23 heavy (non-hydrogen) atoms. The van der Waals surface area contributed by atoms with Crippen molar-refractivity contribution >= 4 is 17.2 Å². The van der Waals surface area contributed by atoms with Crippen LogP contribution in [0.5, 0.6) is 0 Å². The Morgan fingerprint density at radius 3 is 2.87 bits per heavy atom. The molecule has 0 bridgehead atoms. The number of hydrogen-bond acceptors (Lipinski definition) is 5. The van der Waals surface area contributed by atoms with E-state index >= 15 is 0 Å². The number of nitrogens with zero attached hydrogens (tertiary/aromatic N) is 2. The van der Waals surface area contributed by atoms with E-state index in [1.165, 1.54) is 4.88 Å². The lowest BCUT2D eigenvalue weighted by Gasteiger charge is -2.34. The smallest absolute Gasteiger partial charge is 0.237 e. The van der Waals surface area contributed by atoms with Crippen LogP contribution < -0.4 is 5.32 Å². The molecule has 0 spiro atoms. The van der Waals surface area contributed by atoms with Gasteiger partial charge in [-0.1, -0.05) is 6.07 Å². The first-order chi connectivity index (χ1) is 11.1. The number of carbonyl (C=O) groups is 1. The van der Waals surface area contributed by atoms with Gasteiger partial charge in [0.05, 0.1) is 19.2 Å². The Morgan fingerprint density at radius 1 is 1.52 bits per heavy atom. The molecule has 0 aromatic carbocycles. The predicted octanol–water partition coefficient (Wildman–Crippen LogP) is 1.39. The van der Waals surface area contributed by atoms with Gasteiger partial charge in [-0.05, 0) is 57.3 Å². The Kier molecular flexibility index (Phi) is 7.49. The van der Waals surface area contributed by atoms with Gasteiger partial charge in [-0.3, -0.25) is 9.69 Å². The van der Waals surface area contributed by atoms with E-state index in [0.29, 0.717) is 12.5 Å². The number of β-amino-alcohol motifs (C(OH)–C–C–N with tert-alkyl or cyclic N) is 1. The van der Waals surface area contributed by atoms with Crippen molar-refractivity contribution in [2.75, 3.05) is 39.8 Å². The van der Waals surface area contributed by atoms with Gasteiger partial charge in [-0.15, -0.1) is 11.3 Å². The molecule has 5 nitrogen and oxygen atoms in total. The van der Waals surface area contributed by atoms with Crippen molar-refractivity contribution in [3.63, 3.8) is 0 Å². The molecule has 1 amide bonds. The first-order valence-corrected chi connectivity index (χ1v) is 9.31. The van der Waals surface area contributed by atoms with Gasteiger partial charge in [-0.25, -0.2) is 0 Å². The second-order valence-corrected chi connectivity index (χ2v) is 7.45. The lowest BCUT2D eigenvalue weighted by Crippen LogP contribution is -2.46. The molecule has 1 atom stereocenters. The van der Waals surface area contributed by atoms with Crippen LogP contribution >= 0.6 is 11.3 Å². The summed E-state index contributed by atoms with van der Waals surface area (Å²) >= 11 is 1.67. The summed E-state index contributed by atoms with van der Waals surface area (Å²) in [5.74, 6) is 0.737. The van der Waals surface area contributed by atoms with Gasteiger partial charge in [0.2, 0.25) is 5.91 Å². The van der Waals surface area contributed by atoms with Crippen LogP contribution in [-0.4, -0.2) is 66.7 Å². The number of thiophene rings is 1. The molecule has 0 radical (unpaired) electrons. The molecule has 1 aliphatic rings. The number of likely N-dealkylation sites (N-methyl/N-ethyl adjacent to an activating group) is 1. The fourth-order valence-corrected chi connectivity index (χ4v) is 3.68. The first-order valence-electron chi connectivity index (χ1n) is 8.43. The highest BCUT2D eigenvalue weighted by atomic mass is 32.1. The molecule has 1 aromatic rings. The van der Waals surface area contributed by atoms with E-state index in [2.05, 4.69) is 15.1 Å². The van der Waals surface area contributed by atoms with E-state index in [4.69, 9.17) is 5.11 Å². The van der Waals surface area contributed by atoms with Gasteiger partial charge in [0.15, 0.2) is 0 Å². The maximum Gasteiger partial charge on any atom is 0.237 e. The summed E-state index contributed by atoms with van der Waals surface area (Å²) < 4.78 is 0. The molecule has 130 valence electrons. The Morgan fingerprint density at radius 2 is 2.26 bits per heavy atom. The topological polar surface area (TPSA) is 55.8 Å². The van der Waals surface area contributed by atoms with E-state index < -0.39 is 0 Å². The quantitative estimate of drug-likeness (QED) is 0.751. The standard InChI is InChI=1S/C17H29N3O2S/c1-14(17(22)18-12-16-4-3-11-23-16)19(2)13-15-5-7-20(8-6-15)9-10-21/h3-4,11,14-15,21H,5-10,12-13H2,1-2H3,(H,18,22). The molecule has 2 rings (SSSR count). The molecular formula is C17H29N3O2S. The molecule has 1 aromatic heterocycles. The number of carbonyl (C=O) groups excluding carboxylic acids is 1. The van der Waals surface area contributed by atoms with E-state index in [1.807, 2.05) is 31.5 Å². The van der Waals surface area contributed by atoms with E-state index in [0.717, 1.165) is 39.0 Å². The number of amides is 1. The largest absolute Gasteiger partial charge is 0.395 e. The molecule has 0 aliphatic carbocycles. The summed E-state index contributed by atoms with van der Waals surface area (Å²) in [5, 5.41) is 14.0. The summed E-state index contributed by atoms with van der Waals surface area (Å²) in [6, 6.07) is 3.94. The highest BCUT2D eigenvalue weighted by molar-refractivity contribution is 7.09. The second kappa shape index (κ2) is 9.37. The minimum absolute atomic E-state index is 0.0959. The van der Waals surface area contributed by atoms with Crippen LogP contribution in [-0.2, 0) is 11.3 Å². The SMILES string of the molecule is CC(C(=O)NCc1cccs1)N(C)CC1CCN(CCO)CC1. The molecule has 2 N–H and O–H groups in total. The molecule has 1 saturated heterocycles. The number of likely N-dealkylation sites (tertiary alicyclic amines) is 1. The maximum absolute atomic E-state index is 12.3. The van der Waals surface area contributed by atoms with Gasteiger partial charge < -0.3 is 15.3 Å². The molecule has 2 heterocycles. The molecule has 1 aliphatic heterocycles. The minimum Gasteiger partial charge on any atom is -0.395 e. The fraction of sp³-hybridized carbons (Fsp3) is 0.706. The van der Waals surface area contributed by atoms with Crippen molar-refractivity contribution in [3.8, 4) is 0 Å². The van der Waals surface area contributed by atoms with Crippen LogP contribution in [0, 0.1) is 5.92 Å². The van der Waals surface area contributed by atoms with Crippen LogP contribution in [0.1, 0.15) is 24.6 Å². The molecule has 0 saturated carbocycles. The zero-order valence-electron chi connectivity index (χ0n) is 14.2. The van der Waals surface area contributed by atoms with Crippen LogP contribution in [0.2, 0.25) is 0 Å². The Bertz CT molecular complexity index is 458. The third-order valence-electron chi connectivity index (χ3n) is 4.73. The highest BCUT2D eigenvalue weighted by Crippen LogP contribution is 2.18. The summed E-state index contributed by atoms with van der Waals surface area (Å²) in [4.78, 5) is 17.9. The van der Waals surface area contributed by atoms with Crippen LogP contribution in [0.15, 0.2) is 17.5 Å². The summed E-state index contributed by atoms with van der Waals surface area (Å²) in [5.41, 5.74) is 0. The Hall–Kier alpha value is -0.950. The van der Waals surface area contributed by atoms with Crippen LogP contribution in [0.4, 0.5) is 0 Å². The zero-order chi connectivity index (χ0) is 16.7. The van der Waals surface area contributed by atoms with Crippen molar-refractivity contribution in [3.05, 3.63) is 22.4 Å². The van der Waals surface area contributed by atoms with Crippen LogP contribution in [0.25, 0.3) is 0 Å². The van der Waals surface area contributed by atoms with Gasteiger partial charge in [0, 0.05) is 18.0 Å². The van der Waals surface area contributed by atoms with Crippen molar-refractivity contribution in [1.29, 1.82) is 0 Å². The van der Waals surface area contributed by atoms with Crippen LogP contribution in [0.3, 0.4) is 0 Å². The van der Waals surface area contributed by atoms with E-state index in [9.17, 15) is 4.79 Å². The van der Waals surface area contributed by atoms with Gasteiger partial charge in [0.1, 0.15) is 0 Å². The fourth-order valence-electron chi connectivity index (χ4n) is 3.03. The third-order valence-corrected chi connectivity index (χ3v) is 5.60. The maximum atomic E-state index is 12.3. The summed E-state index contributed by atoms with van der Waals surface area (Å²) in [6.07, 6.45) is 2.29. The summed E-state index contributed by atoms with van der Waals surface area (Å²) in [6.45, 7) is 6.69. The van der Waals surface area contributed by atoms with E-state index in [-0.39, 0.29) is 18.6 Å². The number of aliphatic hydroxyl groups excluding tert-OH is 1. The average Bonchev–Trinajstić information content (AvgIpc) is 3.07. The Labute approximate surface area is 143 Å². The Balaban J connectivity index is 1.69. The van der Waals surface area contributed by atoms with Crippen molar-refractivity contribution < 1.29 is 9.90 Å². The first kappa shape index (κ1) is 18.4. The minimum atomic E-state index is -0.106. The molecule has 6 heteroatoms. The number of rotatable bonds is 8. The second-order valence-electron chi connectivity index (χ2n) is 6.42. The molecule has 1 fully saturated rings. The number of hydrogen-bond donors (Lipinski definition) is 2.